The molecule has 0 spiro atoms. The molecule has 26 heteroatoms. The molecule has 0 unspecified atom stereocenters. The monoisotopic (exact) mass is 1340 g/mol. The predicted octanol–water partition coefficient (Wildman–Crippen LogP) is 5.11. The third-order valence-corrected chi connectivity index (χ3v) is 17.5. The number of nitrogen functional groups attached to an aromatic ring is 1. The number of nitrogens with two attached hydrogens (primary N) is 1. The maximum absolute atomic E-state index is 15.7. The largest absolute Gasteiger partial charge is 0.443 e. The first-order chi connectivity index (χ1) is 44.1. The fourth-order valence-corrected chi connectivity index (χ4v) is 11.7. The molecular weight excluding hydrogens is 1220 g/mol. The molecule has 95 heavy (non-hydrogen) atoms. The van der Waals surface area contributed by atoms with Crippen LogP contribution in [0.1, 0.15) is 156 Å². The number of ether oxygens (including phenoxy) is 1. The number of anilines is 2. The Labute approximate surface area is 565 Å². The van der Waals surface area contributed by atoms with Crippen molar-refractivity contribution < 1.29 is 62.3 Å². The number of carbonyl (C=O) groups excluding carboxylic acids is 12. The average Bonchev–Trinajstić information content (AvgIpc) is 0.803. The van der Waals surface area contributed by atoms with Gasteiger partial charge in [0, 0.05) is 49.3 Å². The lowest BCUT2D eigenvalue weighted by atomic mass is 9.91. The van der Waals surface area contributed by atoms with Gasteiger partial charge in [-0.05, 0) is 113 Å². The minimum atomic E-state index is -1.73. The zero-order valence-electron chi connectivity index (χ0n) is 61.3. The van der Waals surface area contributed by atoms with Gasteiger partial charge >= 0.3 is 6.09 Å². The molecule has 0 saturated carbocycles. The molecule has 12 amide bonds. The number of hydrogen-bond acceptors (Lipinski definition) is 14. The van der Waals surface area contributed by atoms with Crippen molar-refractivity contribution in [1.29, 1.82) is 0 Å². The molecule has 536 valence electrons. The molecule has 26 nitrogen and oxygen atoms in total. The van der Waals surface area contributed by atoms with E-state index in [2.05, 4.69) is 26.6 Å². The van der Waals surface area contributed by atoms with Gasteiger partial charge in [0.2, 0.25) is 65.0 Å². The van der Waals surface area contributed by atoms with Gasteiger partial charge in [0.1, 0.15) is 66.5 Å². The van der Waals surface area contributed by atoms with E-state index in [1.807, 2.05) is 55.4 Å². The van der Waals surface area contributed by atoms with Crippen LogP contribution in [0.2, 0.25) is 0 Å². The van der Waals surface area contributed by atoms with Crippen LogP contribution in [0.15, 0.2) is 36.4 Å². The molecular formula is C69H117N13O13. The number of hydrogen-bond donors (Lipinski definition) is 6. The van der Waals surface area contributed by atoms with E-state index in [0.717, 1.165) is 9.80 Å². The Morgan fingerprint density at radius 3 is 1.47 bits per heavy atom. The van der Waals surface area contributed by atoms with Crippen LogP contribution in [-0.4, -0.2) is 228 Å². The molecule has 1 saturated heterocycles. The minimum absolute atomic E-state index is 0.0434. The Hall–Kier alpha value is -7.80. The number of likely N-dealkylation sites (N-methyl/N-ethyl adjacent to an activating group) is 7. The van der Waals surface area contributed by atoms with Gasteiger partial charge in [-0.25, -0.2) is 4.79 Å². The Morgan fingerprint density at radius 1 is 0.537 bits per heavy atom. The highest BCUT2D eigenvalue weighted by atomic mass is 16.6. The lowest BCUT2D eigenvalue weighted by Crippen LogP contribution is -2.64. The van der Waals surface area contributed by atoms with Crippen molar-refractivity contribution in [3.63, 3.8) is 0 Å². The summed E-state index contributed by atoms with van der Waals surface area (Å²) in [7, 11) is 9.82. The number of para-hydroxylation sites is 2. The van der Waals surface area contributed by atoms with Crippen LogP contribution in [-0.2, 0) is 57.5 Å². The quantitative estimate of drug-likeness (QED) is 0.0873. The standard InChI is InChI=1S/C69H117N13O13/c1-25-27-30-44(15)58(95-69(94)74-49-32-29-28-31-47(49)70)57-62(87)73-48(26-2)64(89)76(18)37-54(83)77(19)50(33-38(3)4)61(86)75-55(42(11)12)67(92)78(20)51(34-39(5)6)60(85)71-45(16)59(84)72-46(17)63(88)79(21)52(35-40(7)8)65(90)80(22)53(36-41(9)10)66(91)81(23)56(43(13)14)68(93)82(57)24/h25,27-29,31-32,38-46,48,50-53,55-58H,26,30,33-37,70H2,1-24H3,(H,71,85)(H,72,84)(H,73,87)(H,74,94)(H,75,86)/b27-25+/t44-,45+,46-,48+,50+,51+,52+,53+,55+,56+,57+,58-/m1/s1. The van der Waals surface area contributed by atoms with E-state index in [0.29, 0.717) is 0 Å². The van der Waals surface area contributed by atoms with E-state index in [9.17, 15) is 38.4 Å². The molecule has 1 fully saturated rings. The summed E-state index contributed by atoms with van der Waals surface area (Å²) in [6.07, 6.45) is 1.73. The summed E-state index contributed by atoms with van der Waals surface area (Å²) < 4.78 is 6.22. The van der Waals surface area contributed by atoms with Crippen LogP contribution in [0.4, 0.5) is 16.2 Å². The zero-order chi connectivity index (χ0) is 73.0. The fourth-order valence-electron chi connectivity index (χ4n) is 11.7. The molecule has 0 bridgehead atoms. The lowest BCUT2D eigenvalue weighted by Gasteiger charge is -2.42. The third-order valence-electron chi connectivity index (χ3n) is 17.5. The molecule has 0 radical (unpaired) electrons. The lowest BCUT2D eigenvalue weighted by molar-refractivity contribution is -0.157. The van der Waals surface area contributed by atoms with E-state index < -0.39 is 162 Å². The molecule has 1 aromatic rings. The number of benzene rings is 1. The van der Waals surface area contributed by atoms with Gasteiger partial charge in [-0.1, -0.05) is 121 Å². The highest BCUT2D eigenvalue weighted by molar-refractivity contribution is 6.00. The Morgan fingerprint density at radius 2 is 0.989 bits per heavy atom. The summed E-state index contributed by atoms with van der Waals surface area (Å²) in [5, 5.41) is 13.7. The van der Waals surface area contributed by atoms with Gasteiger partial charge in [-0.3, -0.25) is 58.1 Å². The predicted molar refractivity (Wildman–Crippen MR) is 367 cm³/mol. The van der Waals surface area contributed by atoms with Gasteiger partial charge in [0.25, 0.3) is 0 Å². The SMILES string of the molecule is C/C=C/C[C@@H](C)[C@@H](OC(=O)Nc1ccccc1N)[C@H]1C(=O)N[C@@H](CC)C(=O)N(C)CC(=O)N(C)[C@@H](CC(C)C)C(=O)N[C@@H](C(C)C)C(=O)N(C)[C@@H](CC(C)C)C(=O)N[C@@H](C)C(=O)N[C@H](C)C(=O)N(C)[C@@H](CC(C)C)C(=O)N(C)[C@@H](CC(C)C)C(=O)N(C)[C@@H](C(C)C)C(=O)N1C. The maximum Gasteiger partial charge on any atom is 0.412 e. The molecule has 1 heterocycles. The molecule has 2 rings (SSSR count). The third kappa shape index (κ3) is 23.5. The highest BCUT2D eigenvalue weighted by Crippen LogP contribution is 2.28. The van der Waals surface area contributed by atoms with Gasteiger partial charge in [0.05, 0.1) is 17.9 Å². The summed E-state index contributed by atoms with van der Waals surface area (Å²) in [6, 6.07) is -6.46. The number of allylic oxidation sites excluding steroid dienone is 2. The number of carbonyl (C=O) groups is 12. The minimum Gasteiger partial charge on any atom is -0.443 e. The van der Waals surface area contributed by atoms with Crippen molar-refractivity contribution in [3.05, 3.63) is 36.4 Å². The first kappa shape index (κ1) is 83.3. The smallest absolute Gasteiger partial charge is 0.412 e. The summed E-state index contributed by atoms with van der Waals surface area (Å²) >= 11 is 0. The van der Waals surface area contributed by atoms with Crippen LogP contribution in [0.3, 0.4) is 0 Å². The van der Waals surface area contributed by atoms with Crippen molar-refractivity contribution in [3.8, 4) is 0 Å². The van der Waals surface area contributed by atoms with Crippen LogP contribution < -0.4 is 32.3 Å². The van der Waals surface area contributed by atoms with Crippen LogP contribution in [0, 0.1) is 41.4 Å². The summed E-state index contributed by atoms with van der Waals surface area (Å²) in [6.45, 7) is 29.1. The average molecular weight is 1340 g/mol. The first-order valence-electron chi connectivity index (χ1n) is 33.6. The van der Waals surface area contributed by atoms with E-state index in [4.69, 9.17) is 10.5 Å². The first-order valence-corrected chi connectivity index (χ1v) is 33.6. The van der Waals surface area contributed by atoms with E-state index >= 15 is 19.2 Å². The second-order valence-electron chi connectivity index (χ2n) is 28.2. The number of nitrogens with one attached hydrogen (secondary N) is 5. The Balaban J connectivity index is 3.12. The maximum atomic E-state index is 15.7. The molecule has 0 aromatic heterocycles. The van der Waals surface area contributed by atoms with Crippen LogP contribution >= 0.6 is 0 Å². The summed E-state index contributed by atoms with van der Waals surface area (Å²) in [5.41, 5.74) is 6.62. The van der Waals surface area contributed by atoms with E-state index in [1.54, 1.807) is 84.9 Å². The summed E-state index contributed by atoms with van der Waals surface area (Å²) in [4.78, 5) is 186. The Bertz CT molecular complexity index is 2840. The molecule has 0 aliphatic carbocycles. The van der Waals surface area contributed by atoms with Crippen molar-refractivity contribution in [2.24, 2.45) is 41.4 Å². The van der Waals surface area contributed by atoms with Crippen molar-refractivity contribution in [2.75, 3.05) is 66.9 Å². The zero-order valence-corrected chi connectivity index (χ0v) is 61.3. The van der Waals surface area contributed by atoms with Gasteiger partial charge in [-0.15, -0.1) is 0 Å². The van der Waals surface area contributed by atoms with Gasteiger partial charge in [-0.2, -0.15) is 0 Å². The van der Waals surface area contributed by atoms with Crippen molar-refractivity contribution >= 4 is 82.4 Å². The summed E-state index contributed by atoms with van der Waals surface area (Å²) in [5.74, 6) is -10.4. The number of rotatable bonds is 17. The van der Waals surface area contributed by atoms with Crippen molar-refractivity contribution in [2.45, 2.75) is 223 Å². The van der Waals surface area contributed by atoms with Gasteiger partial charge < -0.3 is 66.0 Å². The van der Waals surface area contributed by atoms with Crippen molar-refractivity contribution in [1.82, 2.24) is 55.6 Å². The molecule has 1 aliphatic rings. The molecule has 1 aromatic carbocycles. The molecule has 7 N–H and O–H groups in total. The number of amides is 12. The second-order valence-corrected chi connectivity index (χ2v) is 28.2. The van der Waals surface area contributed by atoms with E-state index in [1.165, 1.54) is 87.7 Å². The normalized spacial score (nSPS) is 25.2. The molecule has 1 aliphatic heterocycles. The number of nitrogens with zero attached hydrogens (tertiary/aromatic N) is 7. The van der Waals surface area contributed by atoms with Crippen LogP contribution in [0.25, 0.3) is 0 Å². The highest BCUT2D eigenvalue weighted by Gasteiger charge is 2.47. The van der Waals surface area contributed by atoms with Crippen LogP contribution in [0.5, 0.6) is 0 Å². The van der Waals surface area contributed by atoms with E-state index in [-0.39, 0.29) is 73.6 Å². The Kier molecular flexibility index (Phi) is 33.4. The second kappa shape index (κ2) is 38.1. The molecule has 12 atom stereocenters. The fraction of sp³-hybridized carbons (Fsp3) is 0.710. The van der Waals surface area contributed by atoms with Gasteiger partial charge in [0.15, 0.2) is 0 Å². The topological polar surface area (TPSA) is 323 Å².